The SMILES string of the molecule is CC(C)(C)c1ccc(C(=O)N(CC2CCCO2)c2nc(-c3ccc(Cl)cc3)cs2)cc1. The summed E-state index contributed by atoms with van der Waals surface area (Å²) >= 11 is 7.49. The molecule has 1 saturated heterocycles. The van der Waals surface area contributed by atoms with Crippen molar-refractivity contribution in [2.24, 2.45) is 0 Å². The topological polar surface area (TPSA) is 42.4 Å². The number of hydrogen-bond acceptors (Lipinski definition) is 4. The number of carbonyl (C=O) groups excluding carboxylic acids is 1. The zero-order valence-corrected chi connectivity index (χ0v) is 19.7. The molecule has 1 atom stereocenters. The Morgan fingerprint density at radius 1 is 1.16 bits per heavy atom. The van der Waals surface area contributed by atoms with Gasteiger partial charge in [-0.05, 0) is 48.1 Å². The quantitative estimate of drug-likeness (QED) is 0.436. The van der Waals surface area contributed by atoms with E-state index in [4.69, 9.17) is 21.3 Å². The Hall–Kier alpha value is -2.21. The van der Waals surface area contributed by atoms with Gasteiger partial charge >= 0.3 is 0 Å². The van der Waals surface area contributed by atoms with Crippen LogP contribution in [0.2, 0.25) is 5.02 Å². The van der Waals surface area contributed by atoms with Crippen LogP contribution in [0.3, 0.4) is 0 Å². The van der Waals surface area contributed by atoms with Crippen molar-refractivity contribution in [3.05, 3.63) is 70.1 Å². The Bertz CT molecular complexity index is 1030. The lowest BCUT2D eigenvalue weighted by atomic mass is 9.86. The second-order valence-corrected chi connectivity index (χ2v) is 10.2. The van der Waals surface area contributed by atoms with E-state index >= 15 is 0 Å². The predicted molar refractivity (Wildman–Crippen MR) is 128 cm³/mol. The van der Waals surface area contributed by atoms with Gasteiger partial charge in [-0.3, -0.25) is 9.69 Å². The molecule has 2 aromatic carbocycles. The number of benzene rings is 2. The molecular weight excluding hydrogens is 428 g/mol. The molecule has 0 N–H and O–H groups in total. The fourth-order valence-electron chi connectivity index (χ4n) is 3.65. The summed E-state index contributed by atoms with van der Waals surface area (Å²) in [6.07, 6.45) is 2.03. The Morgan fingerprint density at radius 3 is 2.48 bits per heavy atom. The molecule has 1 aromatic heterocycles. The lowest BCUT2D eigenvalue weighted by Crippen LogP contribution is -2.37. The molecule has 6 heteroatoms. The average Bonchev–Trinajstić information content (AvgIpc) is 3.44. The molecule has 1 fully saturated rings. The number of aromatic nitrogens is 1. The number of carbonyl (C=O) groups is 1. The van der Waals surface area contributed by atoms with Gasteiger partial charge in [-0.1, -0.05) is 56.6 Å². The first kappa shape index (κ1) is 22.0. The molecule has 0 saturated carbocycles. The summed E-state index contributed by atoms with van der Waals surface area (Å²) in [5.74, 6) is -0.0482. The van der Waals surface area contributed by atoms with Crippen molar-refractivity contribution in [1.82, 2.24) is 4.98 Å². The van der Waals surface area contributed by atoms with E-state index in [0.29, 0.717) is 22.3 Å². The average molecular weight is 455 g/mol. The largest absolute Gasteiger partial charge is 0.376 e. The molecule has 1 aliphatic heterocycles. The first-order valence-electron chi connectivity index (χ1n) is 10.6. The molecule has 31 heavy (non-hydrogen) atoms. The van der Waals surface area contributed by atoms with Crippen LogP contribution >= 0.6 is 22.9 Å². The summed E-state index contributed by atoms with van der Waals surface area (Å²) in [6, 6.07) is 15.5. The molecule has 4 rings (SSSR count). The molecular formula is C25H27ClN2O2S. The van der Waals surface area contributed by atoms with Crippen molar-refractivity contribution >= 4 is 34.0 Å². The maximum atomic E-state index is 13.5. The molecule has 3 aromatic rings. The number of halogens is 1. The summed E-state index contributed by atoms with van der Waals surface area (Å²) in [6.45, 7) is 7.76. The van der Waals surface area contributed by atoms with Crippen molar-refractivity contribution in [1.29, 1.82) is 0 Å². The van der Waals surface area contributed by atoms with Gasteiger partial charge in [0, 0.05) is 28.1 Å². The van der Waals surface area contributed by atoms with E-state index in [-0.39, 0.29) is 17.4 Å². The Kier molecular flexibility index (Phi) is 6.47. The summed E-state index contributed by atoms with van der Waals surface area (Å²) in [7, 11) is 0. The minimum absolute atomic E-state index is 0.0423. The zero-order chi connectivity index (χ0) is 22.0. The van der Waals surface area contributed by atoms with E-state index in [2.05, 4.69) is 20.8 Å². The van der Waals surface area contributed by atoms with E-state index in [1.807, 2.05) is 53.9 Å². The summed E-state index contributed by atoms with van der Waals surface area (Å²) in [5, 5.41) is 3.36. The van der Waals surface area contributed by atoms with Gasteiger partial charge in [-0.25, -0.2) is 4.98 Å². The Morgan fingerprint density at radius 2 is 1.87 bits per heavy atom. The van der Waals surface area contributed by atoms with Gasteiger partial charge in [0.05, 0.1) is 18.3 Å². The first-order valence-corrected chi connectivity index (χ1v) is 11.8. The highest BCUT2D eigenvalue weighted by Gasteiger charge is 2.27. The van der Waals surface area contributed by atoms with Crippen LogP contribution in [0.1, 0.15) is 49.5 Å². The van der Waals surface area contributed by atoms with Gasteiger partial charge in [0.2, 0.25) is 0 Å². The van der Waals surface area contributed by atoms with Crippen LogP contribution in [0.4, 0.5) is 5.13 Å². The smallest absolute Gasteiger partial charge is 0.260 e. The fourth-order valence-corrected chi connectivity index (χ4v) is 4.62. The van der Waals surface area contributed by atoms with E-state index in [0.717, 1.165) is 30.7 Å². The fraction of sp³-hybridized carbons (Fsp3) is 0.360. The lowest BCUT2D eigenvalue weighted by Gasteiger charge is -2.24. The zero-order valence-electron chi connectivity index (χ0n) is 18.1. The standard InChI is InChI=1S/C25H27ClN2O2S/c1-25(2,3)19-10-6-18(7-11-19)23(29)28(15-21-5-4-14-30-21)24-27-22(16-31-24)17-8-12-20(26)13-9-17/h6-13,16,21H,4-5,14-15H2,1-3H3. The normalized spacial score (nSPS) is 16.5. The van der Waals surface area contributed by atoms with Crippen LogP contribution in [-0.4, -0.2) is 30.1 Å². The number of anilines is 1. The predicted octanol–water partition coefficient (Wildman–Crippen LogP) is 6.59. The van der Waals surface area contributed by atoms with Gasteiger partial charge in [-0.2, -0.15) is 0 Å². The van der Waals surface area contributed by atoms with E-state index < -0.39 is 0 Å². The number of thiazole rings is 1. The second kappa shape index (κ2) is 9.11. The molecule has 1 amide bonds. The van der Waals surface area contributed by atoms with E-state index in [9.17, 15) is 4.79 Å². The van der Waals surface area contributed by atoms with Crippen molar-refractivity contribution in [3.8, 4) is 11.3 Å². The highest BCUT2D eigenvalue weighted by atomic mass is 35.5. The maximum absolute atomic E-state index is 13.5. The number of rotatable bonds is 5. The highest BCUT2D eigenvalue weighted by molar-refractivity contribution is 7.14. The van der Waals surface area contributed by atoms with Gasteiger partial charge in [0.15, 0.2) is 5.13 Å². The number of ether oxygens (including phenoxy) is 1. The molecule has 1 aliphatic rings. The monoisotopic (exact) mass is 454 g/mol. The second-order valence-electron chi connectivity index (χ2n) is 8.90. The molecule has 0 radical (unpaired) electrons. The van der Waals surface area contributed by atoms with Crippen LogP contribution in [0.25, 0.3) is 11.3 Å². The molecule has 0 spiro atoms. The van der Waals surface area contributed by atoms with Crippen molar-refractivity contribution < 1.29 is 9.53 Å². The molecule has 162 valence electrons. The highest BCUT2D eigenvalue weighted by Crippen LogP contribution is 2.31. The molecule has 0 aliphatic carbocycles. The number of nitrogens with zero attached hydrogens (tertiary/aromatic N) is 2. The van der Waals surface area contributed by atoms with Gasteiger partial charge in [0.1, 0.15) is 0 Å². The van der Waals surface area contributed by atoms with Crippen LogP contribution in [0.5, 0.6) is 0 Å². The summed E-state index contributed by atoms with van der Waals surface area (Å²) in [5.41, 5.74) is 3.72. The Labute approximate surface area is 192 Å². The van der Waals surface area contributed by atoms with Gasteiger partial charge in [-0.15, -0.1) is 11.3 Å². The molecule has 1 unspecified atom stereocenters. The van der Waals surface area contributed by atoms with Gasteiger partial charge in [0.25, 0.3) is 5.91 Å². The summed E-state index contributed by atoms with van der Waals surface area (Å²) < 4.78 is 5.83. The third-order valence-electron chi connectivity index (χ3n) is 5.52. The van der Waals surface area contributed by atoms with Crippen molar-refractivity contribution in [3.63, 3.8) is 0 Å². The number of amides is 1. The van der Waals surface area contributed by atoms with Crippen molar-refractivity contribution in [2.75, 3.05) is 18.1 Å². The third-order valence-corrected chi connectivity index (χ3v) is 6.63. The minimum atomic E-state index is -0.0482. The maximum Gasteiger partial charge on any atom is 0.260 e. The van der Waals surface area contributed by atoms with E-state index in [1.54, 1.807) is 4.90 Å². The lowest BCUT2D eigenvalue weighted by molar-refractivity contribution is 0.0917. The van der Waals surface area contributed by atoms with Crippen LogP contribution in [-0.2, 0) is 10.2 Å². The molecule has 4 nitrogen and oxygen atoms in total. The Balaban J connectivity index is 1.62. The third kappa shape index (κ3) is 5.17. The van der Waals surface area contributed by atoms with E-state index in [1.165, 1.54) is 16.9 Å². The first-order chi connectivity index (χ1) is 14.8. The van der Waals surface area contributed by atoms with Crippen molar-refractivity contribution in [2.45, 2.75) is 45.1 Å². The minimum Gasteiger partial charge on any atom is -0.376 e. The van der Waals surface area contributed by atoms with Crippen LogP contribution in [0, 0.1) is 0 Å². The van der Waals surface area contributed by atoms with Crippen LogP contribution < -0.4 is 4.90 Å². The summed E-state index contributed by atoms with van der Waals surface area (Å²) in [4.78, 5) is 20.1. The van der Waals surface area contributed by atoms with Crippen LogP contribution in [0.15, 0.2) is 53.9 Å². The van der Waals surface area contributed by atoms with Gasteiger partial charge < -0.3 is 4.74 Å². The number of hydrogen-bond donors (Lipinski definition) is 0. The molecule has 2 heterocycles. The molecule has 0 bridgehead atoms.